The molecule has 0 aromatic heterocycles. The van der Waals surface area contributed by atoms with Crippen LogP contribution in [-0.4, -0.2) is 38.8 Å². The topological polar surface area (TPSA) is 59.6 Å². The molecule has 1 rings (SSSR count). The van der Waals surface area contributed by atoms with Crippen LogP contribution in [0.2, 0.25) is 0 Å². The van der Waals surface area contributed by atoms with Gasteiger partial charge in [-0.15, -0.1) is 12.4 Å². The second-order valence-electron chi connectivity index (χ2n) is 4.27. The number of carbonyl (C=O) groups is 1. The highest BCUT2D eigenvalue weighted by Gasteiger charge is 2.06. The van der Waals surface area contributed by atoms with Gasteiger partial charge in [-0.2, -0.15) is 0 Å². The highest BCUT2D eigenvalue weighted by Crippen LogP contribution is 2.26. The Labute approximate surface area is 132 Å². The number of carbonyl (C=O) groups excluding carboxylic acids is 1. The fourth-order valence-corrected chi connectivity index (χ4v) is 1.63. The number of ether oxygens (including phenoxy) is 2. The van der Waals surface area contributed by atoms with E-state index in [9.17, 15) is 4.79 Å². The summed E-state index contributed by atoms with van der Waals surface area (Å²) >= 11 is 0. The molecule has 5 nitrogen and oxygen atoms in total. The molecule has 0 bridgehead atoms. The molecule has 0 aliphatic heterocycles. The molecule has 6 heteroatoms. The molecule has 21 heavy (non-hydrogen) atoms. The van der Waals surface area contributed by atoms with Gasteiger partial charge in [0.15, 0.2) is 18.1 Å². The standard InChI is InChI=1S/C15H24N2O3.ClH/c1-3-9-16-10-11-17-15(18)12-20-14-8-6-5-7-13(14)19-4-2;/h5-8,16H,3-4,9-12H2,1-2H3,(H,17,18);1H. The van der Waals surface area contributed by atoms with Crippen LogP contribution in [0.5, 0.6) is 11.5 Å². The van der Waals surface area contributed by atoms with E-state index in [1.807, 2.05) is 25.1 Å². The van der Waals surface area contributed by atoms with Crippen molar-refractivity contribution in [1.29, 1.82) is 0 Å². The van der Waals surface area contributed by atoms with Crippen molar-refractivity contribution in [3.05, 3.63) is 24.3 Å². The maximum Gasteiger partial charge on any atom is 0.257 e. The average Bonchev–Trinajstić information content (AvgIpc) is 2.46. The number of nitrogens with one attached hydrogen (secondary N) is 2. The fourth-order valence-electron chi connectivity index (χ4n) is 1.63. The van der Waals surface area contributed by atoms with E-state index in [1.54, 1.807) is 6.07 Å². The minimum absolute atomic E-state index is 0. The number of hydrogen-bond acceptors (Lipinski definition) is 4. The van der Waals surface area contributed by atoms with E-state index in [0.29, 0.717) is 24.7 Å². The summed E-state index contributed by atoms with van der Waals surface area (Å²) in [6.45, 7) is 6.92. The molecule has 0 radical (unpaired) electrons. The molecule has 0 saturated carbocycles. The molecule has 2 N–H and O–H groups in total. The van der Waals surface area contributed by atoms with Gasteiger partial charge in [0.2, 0.25) is 0 Å². The van der Waals surface area contributed by atoms with Crippen LogP contribution in [-0.2, 0) is 4.79 Å². The van der Waals surface area contributed by atoms with Gasteiger partial charge in [0, 0.05) is 13.1 Å². The first-order valence-electron chi connectivity index (χ1n) is 7.10. The molecule has 0 aliphatic rings. The van der Waals surface area contributed by atoms with Crippen LogP contribution in [0.3, 0.4) is 0 Å². The van der Waals surface area contributed by atoms with E-state index in [-0.39, 0.29) is 24.9 Å². The van der Waals surface area contributed by atoms with Gasteiger partial charge in [0.1, 0.15) is 0 Å². The smallest absolute Gasteiger partial charge is 0.257 e. The van der Waals surface area contributed by atoms with Crippen molar-refractivity contribution in [2.24, 2.45) is 0 Å². The van der Waals surface area contributed by atoms with Crippen molar-refractivity contribution < 1.29 is 14.3 Å². The molecule has 0 fully saturated rings. The van der Waals surface area contributed by atoms with Crippen LogP contribution in [0.1, 0.15) is 20.3 Å². The second kappa shape index (κ2) is 12.3. The van der Waals surface area contributed by atoms with Gasteiger partial charge in [-0.25, -0.2) is 0 Å². The third-order valence-corrected chi connectivity index (χ3v) is 2.56. The quantitative estimate of drug-likeness (QED) is 0.648. The zero-order valence-corrected chi connectivity index (χ0v) is 13.5. The van der Waals surface area contributed by atoms with Gasteiger partial charge in [0.25, 0.3) is 5.91 Å². The van der Waals surface area contributed by atoms with Crippen LogP contribution < -0.4 is 20.1 Å². The van der Waals surface area contributed by atoms with Gasteiger partial charge < -0.3 is 20.1 Å². The van der Waals surface area contributed by atoms with Crippen molar-refractivity contribution in [2.45, 2.75) is 20.3 Å². The Bertz CT molecular complexity index is 402. The van der Waals surface area contributed by atoms with Gasteiger partial charge >= 0.3 is 0 Å². The molecule has 0 heterocycles. The maximum atomic E-state index is 11.6. The maximum absolute atomic E-state index is 11.6. The summed E-state index contributed by atoms with van der Waals surface area (Å²) in [5, 5.41) is 6.01. The zero-order chi connectivity index (χ0) is 14.6. The number of halogens is 1. The lowest BCUT2D eigenvalue weighted by Gasteiger charge is -2.11. The normalized spacial score (nSPS) is 9.62. The lowest BCUT2D eigenvalue weighted by atomic mass is 10.3. The van der Waals surface area contributed by atoms with Crippen molar-refractivity contribution in [1.82, 2.24) is 10.6 Å². The number of benzene rings is 1. The molecule has 1 amide bonds. The number of rotatable bonds is 10. The summed E-state index contributed by atoms with van der Waals surface area (Å²) in [6.07, 6.45) is 1.09. The van der Waals surface area contributed by atoms with Gasteiger partial charge in [-0.3, -0.25) is 4.79 Å². The largest absolute Gasteiger partial charge is 0.490 e. The molecular formula is C15H25ClN2O3. The van der Waals surface area contributed by atoms with Crippen LogP contribution in [0.15, 0.2) is 24.3 Å². The Kier molecular flexibility index (Phi) is 11.4. The Balaban J connectivity index is 0.00000400. The summed E-state index contributed by atoms with van der Waals surface area (Å²) in [5.41, 5.74) is 0. The van der Waals surface area contributed by atoms with Crippen molar-refractivity contribution in [3.8, 4) is 11.5 Å². The summed E-state index contributed by atoms with van der Waals surface area (Å²) < 4.78 is 10.9. The zero-order valence-electron chi connectivity index (χ0n) is 12.7. The van der Waals surface area contributed by atoms with Crippen molar-refractivity contribution in [3.63, 3.8) is 0 Å². The monoisotopic (exact) mass is 316 g/mol. The summed E-state index contributed by atoms with van der Waals surface area (Å²) in [5.74, 6) is 1.12. The molecular weight excluding hydrogens is 292 g/mol. The van der Waals surface area contributed by atoms with Crippen LogP contribution in [0.25, 0.3) is 0 Å². The summed E-state index contributed by atoms with van der Waals surface area (Å²) in [7, 11) is 0. The number of hydrogen-bond donors (Lipinski definition) is 2. The molecule has 120 valence electrons. The minimum atomic E-state index is -0.130. The molecule has 1 aromatic rings. The molecule has 1 aromatic carbocycles. The van der Waals surface area contributed by atoms with E-state index in [0.717, 1.165) is 19.5 Å². The molecule has 0 aliphatic carbocycles. The number of amides is 1. The molecule has 0 unspecified atom stereocenters. The Morgan fingerprint density at radius 1 is 1.05 bits per heavy atom. The SMILES string of the molecule is CCCNCCNC(=O)COc1ccccc1OCC.Cl. The van der Waals surface area contributed by atoms with Crippen LogP contribution in [0.4, 0.5) is 0 Å². The molecule has 0 atom stereocenters. The third-order valence-electron chi connectivity index (χ3n) is 2.56. The van der Waals surface area contributed by atoms with Gasteiger partial charge in [-0.1, -0.05) is 19.1 Å². The number of para-hydroxylation sites is 2. The van der Waals surface area contributed by atoms with Crippen LogP contribution in [0, 0.1) is 0 Å². The summed E-state index contributed by atoms with van der Waals surface area (Å²) in [4.78, 5) is 11.6. The van der Waals surface area contributed by atoms with Gasteiger partial charge in [-0.05, 0) is 32.0 Å². The van der Waals surface area contributed by atoms with E-state index in [2.05, 4.69) is 17.6 Å². The van der Waals surface area contributed by atoms with Crippen molar-refractivity contribution in [2.75, 3.05) is 32.8 Å². The van der Waals surface area contributed by atoms with E-state index in [1.165, 1.54) is 0 Å². The lowest BCUT2D eigenvalue weighted by Crippen LogP contribution is -2.35. The predicted molar refractivity (Wildman–Crippen MR) is 86.5 cm³/mol. The first-order chi connectivity index (χ1) is 9.77. The molecule has 0 saturated heterocycles. The Morgan fingerprint density at radius 2 is 1.71 bits per heavy atom. The van der Waals surface area contributed by atoms with Crippen molar-refractivity contribution >= 4 is 18.3 Å². The highest BCUT2D eigenvalue weighted by atomic mass is 35.5. The van der Waals surface area contributed by atoms with E-state index < -0.39 is 0 Å². The Hall–Kier alpha value is -1.46. The summed E-state index contributed by atoms with van der Waals surface area (Å²) in [6, 6.07) is 7.34. The third kappa shape index (κ3) is 8.42. The highest BCUT2D eigenvalue weighted by molar-refractivity contribution is 5.85. The molecule has 0 spiro atoms. The fraction of sp³-hybridized carbons (Fsp3) is 0.533. The minimum Gasteiger partial charge on any atom is -0.490 e. The van der Waals surface area contributed by atoms with E-state index >= 15 is 0 Å². The lowest BCUT2D eigenvalue weighted by molar-refractivity contribution is -0.123. The first kappa shape index (κ1) is 19.5. The first-order valence-corrected chi connectivity index (χ1v) is 7.10. The Morgan fingerprint density at radius 3 is 2.33 bits per heavy atom. The second-order valence-corrected chi connectivity index (χ2v) is 4.27. The average molecular weight is 317 g/mol. The van der Waals surface area contributed by atoms with E-state index in [4.69, 9.17) is 9.47 Å². The van der Waals surface area contributed by atoms with Gasteiger partial charge in [0.05, 0.1) is 6.61 Å². The predicted octanol–water partition coefficient (Wildman–Crippen LogP) is 2.00. The van der Waals surface area contributed by atoms with Crippen LogP contribution >= 0.6 is 12.4 Å².